The Balaban J connectivity index is 3.19. The molecular weight excluding hydrogens is 158 g/mol. The van der Waals surface area contributed by atoms with Crippen LogP contribution < -0.4 is 16.0 Å². The van der Waals surface area contributed by atoms with E-state index >= 15 is 0 Å². The van der Waals surface area contributed by atoms with Crippen LogP contribution in [0, 0.1) is 6.92 Å². The first-order valence-electron chi connectivity index (χ1n) is 3.64. The van der Waals surface area contributed by atoms with Crippen molar-refractivity contribution in [2.45, 2.75) is 13.8 Å². The van der Waals surface area contributed by atoms with Crippen LogP contribution >= 0.6 is 0 Å². The lowest BCUT2D eigenvalue weighted by Gasteiger charge is -2.04. The molecule has 0 radical (unpaired) electrons. The zero-order valence-electron chi connectivity index (χ0n) is 7.05. The van der Waals surface area contributed by atoms with Gasteiger partial charge < -0.3 is 10.5 Å². The molecule has 0 aliphatic carbocycles. The molecule has 0 saturated carbocycles. The predicted octanol–water partition coefficient (Wildman–Crippen LogP) is 0.0592. The second-order valence-corrected chi connectivity index (χ2v) is 2.30. The normalized spacial score (nSPS) is 9.83. The lowest BCUT2D eigenvalue weighted by atomic mass is 10.4. The van der Waals surface area contributed by atoms with E-state index in [0.29, 0.717) is 12.3 Å². The Labute approximate surface area is 69.6 Å². The molecule has 66 valence electrons. The Morgan fingerprint density at radius 3 is 2.83 bits per heavy atom. The highest BCUT2D eigenvalue weighted by Crippen LogP contribution is 2.07. The summed E-state index contributed by atoms with van der Waals surface area (Å²) < 4.78 is 5.06. The van der Waals surface area contributed by atoms with E-state index in [-0.39, 0.29) is 17.3 Å². The molecule has 0 bridgehead atoms. The number of hydrogen-bond acceptors (Lipinski definition) is 4. The summed E-state index contributed by atoms with van der Waals surface area (Å²) in [6.07, 6.45) is 0. The van der Waals surface area contributed by atoms with Crippen molar-refractivity contribution < 1.29 is 4.74 Å². The third-order valence-electron chi connectivity index (χ3n) is 1.35. The quantitative estimate of drug-likeness (QED) is 0.655. The van der Waals surface area contributed by atoms with Crippen LogP contribution in [0.3, 0.4) is 0 Å². The second-order valence-electron chi connectivity index (χ2n) is 2.30. The zero-order chi connectivity index (χ0) is 9.14. The molecule has 0 unspecified atom stereocenters. The summed E-state index contributed by atoms with van der Waals surface area (Å²) in [6, 6.07) is 0. The Kier molecular flexibility index (Phi) is 2.32. The van der Waals surface area contributed by atoms with Crippen LogP contribution in [0.5, 0.6) is 5.75 Å². The first-order valence-corrected chi connectivity index (χ1v) is 3.64. The van der Waals surface area contributed by atoms with Crippen LogP contribution in [0.2, 0.25) is 0 Å². The molecule has 1 aromatic rings. The molecule has 12 heavy (non-hydrogen) atoms. The van der Waals surface area contributed by atoms with Gasteiger partial charge in [-0.05, 0) is 13.8 Å². The third kappa shape index (κ3) is 1.55. The van der Waals surface area contributed by atoms with Crippen molar-refractivity contribution in [1.29, 1.82) is 0 Å². The molecule has 0 spiro atoms. The molecule has 1 rings (SSSR count). The van der Waals surface area contributed by atoms with Gasteiger partial charge in [0.2, 0.25) is 11.7 Å². The van der Waals surface area contributed by atoms with Gasteiger partial charge in [0, 0.05) is 0 Å². The fourth-order valence-electron chi connectivity index (χ4n) is 0.911. The van der Waals surface area contributed by atoms with Gasteiger partial charge in [0.1, 0.15) is 0 Å². The van der Waals surface area contributed by atoms with Gasteiger partial charge in [-0.2, -0.15) is 0 Å². The number of nitrogens with one attached hydrogen (secondary N) is 1. The summed E-state index contributed by atoms with van der Waals surface area (Å²) in [4.78, 5) is 17.4. The SMILES string of the molecule is CCOc1c(C)nc(N)[nH]c1=O. The Morgan fingerprint density at radius 1 is 1.67 bits per heavy atom. The highest BCUT2D eigenvalue weighted by molar-refractivity contribution is 5.29. The summed E-state index contributed by atoms with van der Waals surface area (Å²) in [5, 5.41) is 0. The van der Waals surface area contributed by atoms with E-state index in [2.05, 4.69) is 9.97 Å². The van der Waals surface area contributed by atoms with Crippen molar-refractivity contribution in [1.82, 2.24) is 9.97 Å². The number of nitrogens with zero attached hydrogens (tertiary/aromatic N) is 1. The molecule has 0 aromatic carbocycles. The van der Waals surface area contributed by atoms with Crippen molar-refractivity contribution in [3.05, 3.63) is 16.0 Å². The minimum atomic E-state index is -0.332. The maximum Gasteiger partial charge on any atom is 0.294 e. The number of aryl methyl sites for hydroxylation is 1. The first kappa shape index (κ1) is 8.58. The van der Waals surface area contributed by atoms with Gasteiger partial charge in [-0.15, -0.1) is 0 Å². The minimum absolute atomic E-state index is 0.112. The van der Waals surface area contributed by atoms with Crippen LogP contribution in [-0.2, 0) is 0 Å². The Bertz CT molecular complexity index is 332. The molecule has 0 atom stereocenters. The van der Waals surface area contributed by atoms with Gasteiger partial charge >= 0.3 is 0 Å². The molecule has 0 fully saturated rings. The third-order valence-corrected chi connectivity index (χ3v) is 1.35. The van der Waals surface area contributed by atoms with E-state index in [1.165, 1.54) is 0 Å². The molecule has 1 aromatic heterocycles. The summed E-state index contributed by atoms with van der Waals surface area (Å²) in [7, 11) is 0. The van der Waals surface area contributed by atoms with E-state index in [4.69, 9.17) is 10.5 Å². The van der Waals surface area contributed by atoms with Crippen LogP contribution in [-0.4, -0.2) is 16.6 Å². The molecule has 0 saturated heterocycles. The van der Waals surface area contributed by atoms with Crippen molar-refractivity contribution in [3.8, 4) is 5.75 Å². The molecule has 0 aliphatic rings. The van der Waals surface area contributed by atoms with Crippen molar-refractivity contribution >= 4 is 5.95 Å². The fourth-order valence-corrected chi connectivity index (χ4v) is 0.911. The molecule has 0 amide bonds. The number of nitrogens with two attached hydrogens (primary N) is 1. The van der Waals surface area contributed by atoms with Crippen LogP contribution in [0.25, 0.3) is 0 Å². The second kappa shape index (κ2) is 3.25. The van der Waals surface area contributed by atoms with Gasteiger partial charge in [0.15, 0.2) is 0 Å². The molecule has 3 N–H and O–H groups in total. The van der Waals surface area contributed by atoms with Gasteiger partial charge in [-0.3, -0.25) is 9.78 Å². The highest BCUT2D eigenvalue weighted by atomic mass is 16.5. The lowest BCUT2D eigenvalue weighted by Crippen LogP contribution is -2.16. The van der Waals surface area contributed by atoms with Crippen molar-refractivity contribution in [2.24, 2.45) is 0 Å². The van der Waals surface area contributed by atoms with Crippen molar-refractivity contribution in [2.75, 3.05) is 12.3 Å². The molecule has 0 aliphatic heterocycles. The predicted molar refractivity (Wildman–Crippen MR) is 45.2 cm³/mol. The van der Waals surface area contributed by atoms with Gasteiger partial charge in [-0.25, -0.2) is 4.98 Å². The van der Waals surface area contributed by atoms with Crippen LogP contribution in [0.4, 0.5) is 5.95 Å². The van der Waals surface area contributed by atoms with Gasteiger partial charge in [0.25, 0.3) is 5.56 Å². The Morgan fingerprint density at radius 2 is 2.33 bits per heavy atom. The first-order chi connectivity index (χ1) is 5.65. The summed E-state index contributed by atoms with van der Waals surface area (Å²) in [5.41, 5.74) is 5.48. The topological polar surface area (TPSA) is 81.0 Å². The van der Waals surface area contributed by atoms with Crippen LogP contribution in [0.15, 0.2) is 4.79 Å². The van der Waals surface area contributed by atoms with Crippen molar-refractivity contribution in [3.63, 3.8) is 0 Å². The van der Waals surface area contributed by atoms with E-state index in [0.717, 1.165) is 0 Å². The molecular formula is C7H11N3O2. The van der Waals surface area contributed by atoms with E-state index in [9.17, 15) is 4.79 Å². The summed E-state index contributed by atoms with van der Waals surface area (Å²) in [5.74, 6) is 0.354. The average Bonchev–Trinajstić information content (AvgIpc) is 1.96. The number of aromatic amines is 1. The van der Waals surface area contributed by atoms with E-state index in [1.54, 1.807) is 13.8 Å². The zero-order valence-corrected chi connectivity index (χ0v) is 7.05. The number of ether oxygens (including phenoxy) is 1. The fraction of sp³-hybridized carbons (Fsp3) is 0.429. The molecule has 1 heterocycles. The highest BCUT2D eigenvalue weighted by Gasteiger charge is 2.06. The van der Waals surface area contributed by atoms with Gasteiger partial charge in [-0.1, -0.05) is 0 Å². The number of hydrogen-bond donors (Lipinski definition) is 2. The largest absolute Gasteiger partial charge is 0.487 e. The minimum Gasteiger partial charge on any atom is -0.487 e. The van der Waals surface area contributed by atoms with E-state index < -0.39 is 0 Å². The molecule has 5 heteroatoms. The van der Waals surface area contributed by atoms with Gasteiger partial charge in [0.05, 0.1) is 12.3 Å². The maximum atomic E-state index is 11.2. The monoisotopic (exact) mass is 169 g/mol. The number of aromatic nitrogens is 2. The number of anilines is 1. The maximum absolute atomic E-state index is 11.2. The standard InChI is InChI=1S/C7H11N3O2/c1-3-12-5-4(2)9-7(8)10-6(5)11/h3H2,1-2H3,(H3,8,9,10,11). The summed E-state index contributed by atoms with van der Waals surface area (Å²) >= 11 is 0. The van der Waals surface area contributed by atoms with E-state index in [1.807, 2.05) is 0 Å². The number of H-pyrrole nitrogens is 1. The molecule has 5 nitrogen and oxygen atoms in total. The number of rotatable bonds is 2. The smallest absolute Gasteiger partial charge is 0.294 e. The average molecular weight is 169 g/mol. The Hall–Kier alpha value is -1.52. The lowest BCUT2D eigenvalue weighted by molar-refractivity contribution is 0.331. The van der Waals surface area contributed by atoms with Crippen LogP contribution in [0.1, 0.15) is 12.6 Å². The summed E-state index contributed by atoms with van der Waals surface area (Å²) in [6.45, 7) is 3.92. The number of nitrogen functional groups attached to an aromatic ring is 1.